The molecule has 9 heteroatoms. The van der Waals surface area contributed by atoms with Crippen molar-refractivity contribution in [3.05, 3.63) is 40.1 Å². The molecule has 2 amide bonds. The SMILES string of the molecule is Cc1cc(NC(=O)CN2CCC[C@@H]2C(=O)Nc2ccc(Cl)cc2Cl)no1. The number of carbonyl (C=O) groups is 2. The monoisotopic (exact) mass is 396 g/mol. The van der Waals surface area contributed by atoms with Crippen LogP contribution in [0.1, 0.15) is 18.6 Å². The smallest absolute Gasteiger partial charge is 0.241 e. The molecule has 1 aliphatic rings. The average molecular weight is 397 g/mol. The maximum Gasteiger partial charge on any atom is 0.241 e. The van der Waals surface area contributed by atoms with Crippen molar-refractivity contribution in [1.29, 1.82) is 0 Å². The van der Waals surface area contributed by atoms with Gasteiger partial charge in [0.15, 0.2) is 5.82 Å². The zero-order chi connectivity index (χ0) is 18.7. The van der Waals surface area contributed by atoms with Crippen molar-refractivity contribution in [2.24, 2.45) is 0 Å². The van der Waals surface area contributed by atoms with Crippen LogP contribution < -0.4 is 10.6 Å². The molecule has 1 aromatic carbocycles. The maximum absolute atomic E-state index is 12.6. The van der Waals surface area contributed by atoms with Crippen molar-refractivity contribution in [3.63, 3.8) is 0 Å². The van der Waals surface area contributed by atoms with Crippen molar-refractivity contribution in [2.75, 3.05) is 23.7 Å². The average Bonchev–Trinajstić information content (AvgIpc) is 3.19. The van der Waals surface area contributed by atoms with E-state index in [1.165, 1.54) is 0 Å². The molecule has 0 unspecified atom stereocenters. The van der Waals surface area contributed by atoms with Crippen LogP contribution in [0, 0.1) is 6.92 Å². The molecule has 1 atom stereocenters. The summed E-state index contributed by atoms with van der Waals surface area (Å²) >= 11 is 12.0. The Morgan fingerprint density at radius 1 is 1.31 bits per heavy atom. The van der Waals surface area contributed by atoms with E-state index < -0.39 is 6.04 Å². The van der Waals surface area contributed by atoms with Gasteiger partial charge < -0.3 is 15.2 Å². The number of nitrogens with one attached hydrogen (secondary N) is 2. The first-order valence-corrected chi connectivity index (χ1v) is 8.91. The number of halogens is 2. The summed E-state index contributed by atoms with van der Waals surface area (Å²) in [7, 11) is 0. The van der Waals surface area contributed by atoms with Crippen LogP contribution in [0.2, 0.25) is 10.0 Å². The van der Waals surface area contributed by atoms with Crippen molar-refractivity contribution in [3.8, 4) is 0 Å². The van der Waals surface area contributed by atoms with Gasteiger partial charge in [0.2, 0.25) is 11.8 Å². The van der Waals surface area contributed by atoms with Gasteiger partial charge in [0, 0.05) is 11.1 Å². The van der Waals surface area contributed by atoms with Gasteiger partial charge in [-0.25, -0.2) is 0 Å². The van der Waals surface area contributed by atoms with Crippen LogP contribution in [0.5, 0.6) is 0 Å². The molecule has 1 aliphatic heterocycles. The molecule has 1 fully saturated rings. The summed E-state index contributed by atoms with van der Waals surface area (Å²) in [5.41, 5.74) is 0.496. The molecule has 1 aromatic heterocycles. The van der Waals surface area contributed by atoms with E-state index >= 15 is 0 Å². The molecule has 3 rings (SSSR count). The van der Waals surface area contributed by atoms with Crippen LogP contribution in [0.3, 0.4) is 0 Å². The predicted molar refractivity (Wildman–Crippen MR) is 99.6 cm³/mol. The van der Waals surface area contributed by atoms with Crippen molar-refractivity contribution in [2.45, 2.75) is 25.8 Å². The highest BCUT2D eigenvalue weighted by Gasteiger charge is 2.32. The summed E-state index contributed by atoms with van der Waals surface area (Å²) < 4.78 is 4.92. The lowest BCUT2D eigenvalue weighted by Crippen LogP contribution is -2.43. The van der Waals surface area contributed by atoms with Gasteiger partial charge in [0.05, 0.1) is 23.3 Å². The minimum atomic E-state index is -0.397. The van der Waals surface area contributed by atoms with Gasteiger partial charge in [-0.2, -0.15) is 0 Å². The Balaban J connectivity index is 1.60. The number of carbonyl (C=O) groups excluding carboxylic acids is 2. The number of benzene rings is 1. The van der Waals surface area contributed by atoms with E-state index in [0.717, 1.165) is 6.42 Å². The number of anilines is 2. The quantitative estimate of drug-likeness (QED) is 0.808. The van der Waals surface area contributed by atoms with Gasteiger partial charge in [-0.15, -0.1) is 0 Å². The van der Waals surface area contributed by atoms with E-state index in [1.807, 2.05) is 4.90 Å². The Morgan fingerprint density at radius 3 is 2.81 bits per heavy atom. The Hall–Kier alpha value is -2.09. The number of nitrogens with zero attached hydrogens (tertiary/aromatic N) is 2. The molecule has 0 radical (unpaired) electrons. The van der Waals surface area contributed by atoms with Crippen molar-refractivity contribution >= 4 is 46.5 Å². The zero-order valence-electron chi connectivity index (χ0n) is 14.1. The minimum absolute atomic E-state index is 0.0956. The summed E-state index contributed by atoms with van der Waals surface area (Å²) in [6, 6.07) is 6.11. The number of hydrogen-bond acceptors (Lipinski definition) is 5. The lowest BCUT2D eigenvalue weighted by molar-refractivity contribution is -0.122. The van der Waals surface area contributed by atoms with E-state index in [4.69, 9.17) is 27.7 Å². The first-order valence-electron chi connectivity index (χ1n) is 8.15. The Bertz CT molecular complexity index is 824. The molecular weight excluding hydrogens is 379 g/mol. The zero-order valence-corrected chi connectivity index (χ0v) is 15.6. The lowest BCUT2D eigenvalue weighted by Gasteiger charge is -2.23. The van der Waals surface area contributed by atoms with Crippen LogP contribution in [-0.2, 0) is 9.59 Å². The molecule has 0 bridgehead atoms. The number of aryl methyl sites for hydroxylation is 1. The number of rotatable bonds is 5. The van der Waals surface area contributed by atoms with Crippen LogP contribution in [-0.4, -0.2) is 41.0 Å². The molecule has 138 valence electrons. The van der Waals surface area contributed by atoms with Crippen LogP contribution in [0.15, 0.2) is 28.8 Å². The second kappa shape index (κ2) is 8.07. The van der Waals surface area contributed by atoms with E-state index in [1.54, 1.807) is 31.2 Å². The van der Waals surface area contributed by atoms with Gasteiger partial charge in [-0.3, -0.25) is 14.5 Å². The molecule has 1 saturated heterocycles. The number of likely N-dealkylation sites (tertiary alicyclic amines) is 1. The highest BCUT2D eigenvalue weighted by atomic mass is 35.5. The molecule has 26 heavy (non-hydrogen) atoms. The Kier molecular flexibility index (Phi) is 5.80. The van der Waals surface area contributed by atoms with Crippen molar-refractivity contribution in [1.82, 2.24) is 10.1 Å². The fourth-order valence-electron chi connectivity index (χ4n) is 2.91. The lowest BCUT2D eigenvalue weighted by atomic mass is 10.2. The van der Waals surface area contributed by atoms with Gasteiger partial charge >= 0.3 is 0 Å². The molecule has 2 N–H and O–H groups in total. The normalized spacial score (nSPS) is 17.3. The number of hydrogen-bond donors (Lipinski definition) is 2. The molecule has 7 nitrogen and oxygen atoms in total. The summed E-state index contributed by atoms with van der Waals surface area (Å²) in [4.78, 5) is 26.6. The van der Waals surface area contributed by atoms with Crippen LogP contribution >= 0.6 is 23.2 Å². The summed E-state index contributed by atoms with van der Waals surface area (Å²) in [5.74, 6) is 0.526. The summed E-state index contributed by atoms with van der Waals surface area (Å²) in [5, 5.41) is 10.1. The summed E-state index contributed by atoms with van der Waals surface area (Å²) in [6.07, 6.45) is 1.51. The molecule has 2 heterocycles. The number of amides is 2. The van der Waals surface area contributed by atoms with Crippen molar-refractivity contribution < 1.29 is 14.1 Å². The second-order valence-corrected chi connectivity index (χ2v) is 6.96. The van der Waals surface area contributed by atoms with Gasteiger partial charge in [-0.1, -0.05) is 28.4 Å². The number of aromatic nitrogens is 1. The maximum atomic E-state index is 12.6. The minimum Gasteiger partial charge on any atom is -0.360 e. The van der Waals surface area contributed by atoms with Gasteiger partial charge in [0.1, 0.15) is 5.76 Å². The van der Waals surface area contributed by atoms with Gasteiger partial charge in [0.25, 0.3) is 0 Å². The standard InChI is InChI=1S/C17H18Cl2N4O3/c1-10-7-15(22-26-10)21-16(24)9-23-6-2-3-14(23)17(25)20-13-5-4-11(18)8-12(13)19/h4-5,7-8,14H,2-3,6,9H2,1H3,(H,20,25)(H,21,22,24)/t14-/m1/s1. The third kappa shape index (κ3) is 4.55. The summed E-state index contributed by atoms with van der Waals surface area (Å²) in [6.45, 7) is 2.50. The van der Waals surface area contributed by atoms with E-state index in [2.05, 4.69) is 15.8 Å². The van der Waals surface area contributed by atoms with Crippen LogP contribution in [0.25, 0.3) is 0 Å². The first kappa shape index (κ1) is 18.7. The fourth-order valence-corrected chi connectivity index (χ4v) is 3.37. The third-order valence-corrected chi connectivity index (χ3v) is 4.65. The first-order chi connectivity index (χ1) is 12.4. The molecular formula is C17H18Cl2N4O3. The second-order valence-electron chi connectivity index (χ2n) is 6.11. The fraction of sp³-hybridized carbons (Fsp3) is 0.353. The predicted octanol–water partition coefficient (Wildman–Crippen LogP) is 3.33. The van der Waals surface area contributed by atoms with Gasteiger partial charge in [-0.05, 0) is 44.5 Å². The highest BCUT2D eigenvalue weighted by molar-refractivity contribution is 6.36. The van der Waals surface area contributed by atoms with E-state index in [-0.39, 0.29) is 18.4 Å². The largest absolute Gasteiger partial charge is 0.360 e. The third-order valence-electron chi connectivity index (χ3n) is 4.10. The van der Waals surface area contributed by atoms with E-state index in [9.17, 15) is 9.59 Å². The highest BCUT2D eigenvalue weighted by Crippen LogP contribution is 2.27. The Morgan fingerprint density at radius 2 is 2.12 bits per heavy atom. The van der Waals surface area contributed by atoms with E-state index in [0.29, 0.717) is 40.3 Å². The molecule has 0 saturated carbocycles. The van der Waals surface area contributed by atoms with Crippen LogP contribution in [0.4, 0.5) is 11.5 Å². The molecule has 2 aromatic rings. The molecule has 0 spiro atoms. The molecule has 0 aliphatic carbocycles. The Labute approximate surface area is 160 Å². The topological polar surface area (TPSA) is 87.5 Å².